The van der Waals surface area contributed by atoms with Crippen molar-refractivity contribution < 1.29 is 24.4 Å². The third-order valence-electron chi connectivity index (χ3n) is 6.18. The van der Waals surface area contributed by atoms with Gasteiger partial charge in [0.2, 0.25) is 5.91 Å². The molecule has 9 nitrogen and oxygen atoms in total. The highest BCUT2D eigenvalue weighted by atomic mass is 16.5. The van der Waals surface area contributed by atoms with E-state index in [9.17, 15) is 9.59 Å². The molecule has 3 heterocycles. The zero-order valence-corrected chi connectivity index (χ0v) is 17.4. The molecule has 1 spiro atoms. The van der Waals surface area contributed by atoms with E-state index in [-0.39, 0.29) is 23.9 Å². The number of nitrogens with one attached hydrogen (secondary N) is 2. The molecule has 0 bridgehead atoms. The van der Waals surface area contributed by atoms with Crippen LogP contribution in [0, 0.1) is 0 Å². The SMILES string of the molecule is COc1cccc(C(=O)NCC(=O)N2CCC3(CC2)[NH2+]CCc2[nH]cnc23)c1OC. The molecule has 1 saturated heterocycles. The highest BCUT2D eigenvalue weighted by Gasteiger charge is 2.45. The standard InChI is InChI=1S/C21H27N5O4/c1-29-16-5-3-4-14(18(16)30-2)20(28)22-12-17(27)26-10-7-21(8-11-26)19-15(6-9-25-21)23-13-24-19/h3-5,13,25H,6-12H2,1-2H3,(H,22,28)(H,23,24)/p+1. The second kappa shape index (κ2) is 8.35. The number of imidazole rings is 1. The quantitative estimate of drug-likeness (QED) is 0.627. The molecule has 0 atom stereocenters. The lowest BCUT2D eigenvalue weighted by Gasteiger charge is -2.41. The van der Waals surface area contributed by atoms with Gasteiger partial charge < -0.3 is 30.0 Å². The van der Waals surface area contributed by atoms with Crippen molar-refractivity contribution in [2.24, 2.45) is 0 Å². The third-order valence-corrected chi connectivity index (χ3v) is 6.18. The van der Waals surface area contributed by atoms with Crippen molar-refractivity contribution in [2.75, 3.05) is 40.4 Å². The summed E-state index contributed by atoms with van der Waals surface area (Å²) < 4.78 is 10.5. The number of quaternary nitrogens is 1. The molecule has 0 unspecified atom stereocenters. The van der Waals surface area contributed by atoms with Gasteiger partial charge in [0.25, 0.3) is 5.91 Å². The van der Waals surface area contributed by atoms with E-state index in [0.717, 1.165) is 31.5 Å². The Labute approximate surface area is 175 Å². The van der Waals surface area contributed by atoms with Crippen LogP contribution in [-0.4, -0.2) is 67.1 Å². The maximum atomic E-state index is 12.7. The summed E-state index contributed by atoms with van der Waals surface area (Å²) in [6.45, 7) is 2.28. The number of methoxy groups -OCH3 is 2. The molecular weight excluding hydrogens is 386 g/mol. The molecule has 9 heteroatoms. The number of nitrogens with zero attached hydrogens (tertiary/aromatic N) is 2. The average molecular weight is 414 g/mol. The summed E-state index contributed by atoms with van der Waals surface area (Å²) in [7, 11) is 3.00. The summed E-state index contributed by atoms with van der Waals surface area (Å²) >= 11 is 0. The monoisotopic (exact) mass is 414 g/mol. The summed E-state index contributed by atoms with van der Waals surface area (Å²) in [5.74, 6) is 0.374. The van der Waals surface area contributed by atoms with Crippen LogP contribution in [0.15, 0.2) is 24.5 Å². The van der Waals surface area contributed by atoms with Gasteiger partial charge in [-0.25, -0.2) is 4.98 Å². The van der Waals surface area contributed by atoms with Gasteiger partial charge in [-0.2, -0.15) is 0 Å². The highest BCUT2D eigenvalue weighted by Crippen LogP contribution is 2.32. The van der Waals surface area contributed by atoms with Gasteiger partial charge in [0.15, 0.2) is 11.5 Å². The number of aromatic amines is 1. The fourth-order valence-corrected chi connectivity index (χ4v) is 4.56. The number of nitrogens with two attached hydrogens (primary N) is 1. The van der Waals surface area contributed by atoms with Crippen molar-refractivity contribution in [3.8, 4) is 11.5 Å². The largest absolute Gasteiger partial charge is 0.493 e. The molecule has 0 aliphatic carbocycles. The predicted octanol–water partition coefficient (Wildman–Crippen LogP) is -0.206. The molecule has 2 aliphatic heterocycles. The molecule has 2 aliphatic rings. The van der Waals surface area contributed by atoms with Crippen molar-refractivity contribution in [1.82, 2.24) is 20.2 Å². The first-order chi connectivity index (χ1) is 14.6. The fraction of sp³-hybridized carbons (Fsp3) is 0.476. The Morgan fingerprint density at radius 1 is 1.27 bits per heavy atom. The van der Waals surface area contributed by atoms with Gasteiger partial charge in [-0.05, 0) is 12.1 Å². The number of rotatable bonds is 5. The zero-order chi connectivity index (χ0) is 21.1. The molecule has 0 saturated carbocycles. The first kappa shape index (κ1) is 20.2. The number of para-hydroxylation sites is 1. The maximum absolute atomic E-state index is 12.7. The number of carbonyl (C=O) groups excluding carboxylic acids is 2. The van der Waals surface area contributed by atoms with Crippen molar-refractivity contribution in [1.29, 1.82) is 0 Å². The minimum absolute atomic E-state index is 0.0401. The van der Waals surface area contributed by atoms with Gasteiger partial charge in [0, 0.05) is 38.0 Å². The van der Waals surface area contributed by atoms with Crippen LogP contribution >= 0.6 is 0 Å². The second-order valence-electron chi connectivity index (χ2n) is 7.73. The highest BCUT2D eigenvalue weighted by molar-refractivity contribution is 5.99. The molecule has 1 fully saturated rings. The van der Waals surface area contributed by atoms with Crippen LogP contribution in [0.25, 0.3) is 0 Å². The molecular formula is C21H28N5O4+. The van der Waals surface area contributed by atoms with Crippen LogP contribution in [0.4, 0.5) is 0 Å². The molecule has 2 aromatic rings. The lowest BCUT2D eigenvalue weighted by atomic mass is 9.80. The van der Waals surface area contributed by atoms with Crippen molar-refractivity contribution in [2.45, 2.75) is 24.8 Å². The average Bonchev–Trinajstić information content (AvgIpc) is 3.27. The van der Waals surface area contributed by atoms with Gasteiger partial charge in [-0.3, -0.25) is 9.59 Å². The van der Waals surface area contributed by atoms with Crippen LogP contribution in [0.3, 0.4) is 0 Å². The third kappa shape index (κ3) is 3.60. The van der Waals surface area contributed by atoms with Crippen LogP contribution in [0.5, 0.6) is 11.5 Å². The Morgan fingerprint density at radius 3 is 2.80 bits per heavy atom. The van der Waals surface area contributed by atoms with E-state index in [4.69, 9.17) is 9.47 Å². The van der Waals surface area contributed by atoms with Crippen molar-refractivity contribution >= 4 is 11.8 Å². The smallest absolute Gasteiger partial charge is 0.255 e. The van der Waals surface area contributed by atoms with E-state index in [0.29, 0.717) is 30.2 Å². The summed E-state index contributed by atoms with van der Waals surface area (Å²) in [5, 5.41) is 5.08. The van der Waals surface area contributed by atoms with Crippen molar-refractivity contribution in [3.05, 3.63) is 41.5 Å². The van der Waals surface area contributed by atoms with Gasteiger partial charge >= 0.3 is 0 Å². The molecule has 2 amide bonds. The van der Waals surface area contributed by atoms with Gasteiger partial charge in [-0.15, -0.1) is 0 Å². The normalized spacial score (nSPS) is 17.3. The molecule has 30 heavy (non-hydrogen) atoms. The Hall–Kier alpha value is -3.07. The van der Waals surface area contributed by atoms with Gasteiger partial charge in [0.05, 0.1) is 39.2 Å². The first-order valence-electron chi connectivity index (χ1n) is 10.2. The van der Waals surface area contributed by atoms with E-state index in [1.54, 1.807) is 24.5 Å². The Balaban J connectivity index is 1.35. The topological polar surface area (TPSA) is 113 Å². The number of carbonyl (C=O) groups is 2. The van der Waals surface area contributed by atoms with Crippen LogP contribution in [0.2, 0.25) is 0 Å². The Kier molecular flexibility index (Phi) is 5.63. The Bertz CT molecular complexity index is 933. The molecule has 160 valence electrons. The molecule has 4 N–H and O–H groups in total. The number of piperidine rings is 1. The maximum Gasteiger partial charge on any atom is 0.255 e. The van der Waals surface area contributed by atoms with E-state index in [2.05, 4.69) is 20.6 Å². The molecule has 1 aromatic heterocycles. The van der Waals surface area contributed by atoms with E-state index in [1.807, 2.05) is 4.90 Å². The summed E-state index contributed by atoms with van der Waals surface area (Å²) in [6, 6.07) is 5.08. The molecule has 0 radical (unpaired) electrons. The fourth-order valence-electron chi connectivity index (χ4n) is 4.56. The van der Waals surface area contributed by atoms with Crippen molar-refractivity contribution in [3.63, 3.8) is 0 Å². The molecule has 1 aromatic carbocycles. The first-order valence-corrected chi connectivity index (χ1v) is 10.2. The second-order valence-corrected chi connectivity index (χ2v) is 7.73. The summed E-state index contributed by atoms with van der Waals surface area (Å²) in [4.78, 5) is 34.9. The number of likely N-dealkylation sites (tertiary alicyclic amines) is 1. The van der Waals surface area contributed by atoms with Crippen LogP contribution in [0.1, 0.15) is 34.6 Å². The van der Waals surface area contributed by atoms with E-state index in [1.165, 1.54) is 19.9 Å². The van der Waals surface area contributed by atoms with E-state index >= 15 is 0 Å². The van der Waals surface area contributed by atoms with E-state index < -0.39 is 0 Å². The number of amides is 2. The Morgan fingerprint density at radius 2 is 2.07 bits per heavy atom. The predicted molar refractivity (Wildman–Crippen MR) is 108 cm³/mol. The number of hydrogen-bond acceptors (Lipinski definition) is 5. The lowest BCUT2D eigenvalue weighted by molar-refractivity contribution is -0.743. The number of ether oxygens (including phenoxy) is 2. The number of fused-ring (bicyclic) bond motifs is 2. The zero-order valence-electron chi connectivity index (χ0n) is 17.4. The number of H-pyrrole nitrogens is 1. The number of hydrogen-bond donors (Lipinski definition) is 3. The summed E-state index contributed by atoms with van der Waals surface area (Å²) in [5.41, 5.74) is 2.66. The molecule has 4 rings (SSSR count). The van der Waals surface area contributed by atoms with Crippen LogP contribution in [-0.2, 0) is 16.8 Å². The number of aromatic nitrogens is 2. The minimum atomic E-state index is -0.366. The minimum Gasteiger partial charge on any atom is -0.493 e. The lowest BCUT2D eigenvalue weighted by Crippen LogP contribution is -2.97. The van der Waals surface area contributed by atoms with Gasteiger partial charge in [-0.1, -0.05) is 6.07 Å². The summed E-state index contributed by atoms with van der Waals surface area (Å²) in [6.07, 6.45) is 4.48. The van der Waals surface area contributed by atoms with Gasteiger partial charge in [0.1, 0.15) is 11.2 Å². The van der Waals surface area contributed by atoms with Crippen LogP contribution < -0.4 is 20.1 Å². The number of benzene rings is 1.